The summed E-state index contributed by atoms with van der Waals surface area (Å²) in [5, 5.41) is 0.671. The second-order valence-electron chi connectivity index (χ2n) is 6.60. The molecule has 0 radical (unpaired) electrons. The second-order valence-corrected chi connectivity index (χ2v) is 7.04. The van der Waals surface area contributed by atoms with Gasteiger partial charge in [0.05, 0.1) is 6.04 Å². The summed E-state index contributed by atoms with van der Waals surface area (Å²) in [6.45, 7) is 1.86. The lowest BCUT2D eigenvalue weighted by atomic mass is 10.0. The van der Waals surface area contributed by atoms with Crippen molar-refractivity contribution in [2.75, 3.05) is 6.54 Å². The predicted octanol–water partition coefficient (Wildman–Crippen LogP) is 5.42. The zero-order chi connectivity index (χ0) is 18.1. The third-order valence-electron chi connectivity index (χ3n) is 4.96. The van der Waals surface area contributed by atoms with Crippen molar-refractivity contribution >= 4 is 11.6 Å². The molecule has 4 rings (SSSR count). The van der Waals surface area contributed by atoms with Gasteiger partial charge in [0, 0.05) is 42.1 Å². The van der Waals surface area contributed by atoms with Gasteiger partial charge in [-0.25, -0.2) is 8.78 Å². The molecule has 0 aliphatic carbocycles. The first-order chi connectivity index (χ1) is 12.6. The van der Waals surface area contributed by atoms with Crippen molar-refractivity contribution in [3.05, 3.63) is 94.3 Å². The van der Waals surface area contributed by atoms with E-state index < -0.39 is 11.6 Å². The molecule has 1 aromatic heterocycles. The molecule has 0 saturated heterocycles. The van der Waals surface area contributed by atoms with Crippen molar-refractivity contribution in [1.29, 1.82) is 0 Å². The Morgan fingerprint density at radius 3 is 2.38 bits per heavy atom. The SMILES string of the molecule is Fc1cccc(F)c1CN1CCCn2cccc2[C@H]1c1ccc(Cl)cc1. The van der Waals surface area contributed by atoms with E-state index in [-0.39, 0.29) is 18.2 Å². The van der Waals surface area contributed by atoms with E-state index in [0.717, 1.165) is 30.8 Å². The van der Waals surface area contributed by atoms with Gasteiger partial charge in [0.2, 0.25) is 0 Å². The lowest BCUT2D eigenvalue weighted by molar-refractivity contribution is 0.214. The molecule has 0 unspecified atom stereocenters. The van der Waals surface area contributed by atoms with E-state index in [4.69, 9.17) is 11.6 Å². The van der Waals surface area contributed by atoms with E-state index >= 15 is 0 Å². The highest BCUT2D eigenvalue weighted by atomic mass is 35.5. The summed E-state index contributed by atoms with van der Waals surface area (Å²) in [7, 11) is 0. The van der Waals surface area contributed by atoms with Gasteiger partial charge >= 0.3 is 0 Å². The lowest BCUT2D eigenvalue weighted by Gasteiger charge is -2.31. The Hall–Kier alpha value is -2.17. The van der Waals surface area contributed by atoms with Crippen LogP contribution in [0.1, 0.15) is 29.3 Å². The monoisotopic (exact) mass is 372 g/mol. The number of hydrogen-bond donors (Lipinski definition) is 0. The molecule has 0 N–H and O–H groups in total. The molecule has 0 amide bonds. The number of halogens is 3. The van der Waals surface area contributed by atoms with Gasteiger partial charge in [-0.2, -0.15) is 0 Å². The molecule has 0 fully saturated rings. The van der Waals surface area contributed by atoms with E-state index in [1.54, 1.807) is 0 Å². The molecule has 26 heavy (non-hydrogen) atoms. The van der Waals surface area contributed by atoms with Crippen molar-refractivity contribution in [3.63, 3.8) is 0 Å². The van der Waals surface area contributed by atoms with E-state index in [1.165, 1.54) is 18.2 Å². The van der Waals surface area contributed by atoms with Gasteiger partial charge in [0.15, 0.2) is 0 Å². The van der Waals surface area contributed by atoms with Gasteiger partial charge in [-0.15, -0.1) is 0 Å². The minimum Gasteiger partial charge on any atom is -0.350 e. The van der Waals surface area contributed by atoms with Crippen molar-refractivity contribution in [2.24, 2.45) is 0 Å². The number of hydrogen-bond acceptors (Lipinski definition) is 1. The summed E-state index contributed by atoms with van der Waals surface area (Å²) in [5.74, 6) is -1.00. The third kappa shape index (κ3) is 3.27. The lowest BCUT2D eigenvalue weighted by Crippen LogP contribution is -2.30. The number of fused-ring (bicyclic) bond motifs is 1. The molecule has 1 aliphatic heterocycles. The van der Waals surface area contributed by atoms with E-state index in [2.05, 4.69) is 21.7 Å². The van der Waals surface area contributed by atoms with Crippen LogP contribution in [0.4, 0.5) is 8.78 Å². The predicted molar refractivity (Wildman–Crippen MR) is 99.1 cm³/mol. The van der Waals surface area contributed by atoms with Crippen LogP contribution in [0.2, 0.25) is 5.02 Å². The molecule has 1 aliphatic rings. The summed E-state index contributed by atoms with van der Waals surface area (Å²) in [6, 6.07) is 15.7. The Balaban J connectivity index is 1.77. The maximum Gasteiger partial charge on any atom is 0.130 e. The van der Waals surface area contributed by atoms with Crippen LogP contribution in [0.5, 0.6) is 0 Å². The van der Waals surface area contributed by atoms with Crippen LogP contribution in [0.3, 0.4) is 0 Å². The van der Waals surface area contributed by atoms with Crippen LogP contribution < -0.4 is 0 Å². The molecule has 0 bridgehead atoms. The molecule has 2 nitrogen and oxygen atoms in total. The average Bonchev–Trinajstić information content (AvgIpc) is 3.01. The minimum atomic E-state index is -0.500. The quantitative estimate of drug-likeness (QED) is 0.596. The number of aryl methyl sites for hydroxylation is 1. The molecule has 134 valence electrons. The molecular formula is C21H19ClF2N2. The molecule has 2 heterocycles. The van der Waals surface area contributed by atoms with Gasteiger partial charge in [0.25, 0.3) is 0 Å². The smallest absolute Gasteiger partial charge is 0.130 e. The van der Waals surface area contributed by atoms with E-state index in [9.17, 15) is 8.78 Å². The maximum atomic E-state index is 14.2. The van der Waals surface area contributed by atoms with Gasteiger partial charge < -0.3 is 4.57 Å². The number of benzene rings is 2. The first-order valence-electron chi connectivity index (χ1n) is 8.71. The van der Waals surface area contributed by atoms with Gasteiger partial charge in [-0.05, 0) is 48.4 Å². The Kier molecular flexibility index (Phi) is 4.79. The standard InChI is InChI=1S/C21H19ClF2N2/c22-16-9-7-15(8-10-16)21-20-6-2-11-25(20)12-3-13-26(21)14-17-18(23)4-1-5-19(17)24/h1-2,4-11,21H,3,12-14H2/t21-/m1/s1. The van der Waals surface area contributed by atoms with Crippen LogP contribution in [-0.2, 0) is 13.1 Å². The van der Waals surface area contributed by atoms with Gasteiger partial charge in [-0.3, -0.25) is 4.90 Å². The fraction of sp³-hybridized carbons (Fsp3) is 0.238. The second kappa shape index (κ2) is 7.22. The largest absolute Gasteiger partial charge is 0.350 e. The fourth-order valence-electron chi connectivity index (χ4n) is 3.72. The van der Waals surface area contributed by atoms with Crippen molar-refractivity contribution in [3.8, 4) is 0 Å². The zero-order valence-electron chi connectivity index (χ0n) is 14.2. The first kappa shape index (κ1) is 17.3. The molecular weight excluding hydrogens is 354 g/mol. The Morgan fingerprint density at radius 2 is 1.65 bits per heavy atom. The summed E-state index contributed by atoms with van der Waals surface area (Å²) in [6.07, 6.45) is 2.98. The molecule has 1 atom stereocenters. The zero-order valence-corrected chi connectivity index (χ0v) is 15.0. The Morgan fingerprint density at radius 1 is 0.923 bits per heavy atom. The van der Waals surface area contributed by atoms with Gasteiger partial charge in [-0.1, -0.05) is 29.8 Å². The fourth-order valence-corrected chi connectivity index (χ4v) is 3.85. The Bertz CT molecular complexity index is 884. The molecule has 0 saturated carbocycles. The van der Waals surface area contributed by atoms with Crippen LogP contribution in [0, 0.1) is 11.6 Å². The maximum absolute atomic E-state index is 14.2. The molecule has 3 aromatic rings. The van der Waals surface area contributed by atoms with Crippen LogP contribution >= 0.6 is 11.6 Å². The summed E-state index contributed by atoms with van der Waals surface area (Å²) >= 11 is 6.05. The highest BCUT2D eigenvalue weighted by Gasteiger charge is 2.28. The number of rotatable bonds is 3. The summed E-state index contributed by atoms with van der Waals surface area (Å²) < 4.78 is 30.7. The highest BCUT2D eigenvalue weighted by molar-refractivity contribution is 6.30. The molecule has 0 spiro atoms. The van der Waals surface area contributed by atoms with E-state index in [0.29, 0.717) is 5.02 Å². The van der Waals surface area contributed by atoms with Gasteiger partial charge in [0.1, 0.15) is 11.6 Å². The first-order valence-corrected chi connectivity index (χ1v) is 9.09. The van der Waals surface area contributed by atoms with Crippen molar-refractivity contribution < 1.29 is 8.78 Å². The Labute approximate surface area is 156 Å². The van der Waals surface area contributed by atoms with Crippen molar-refractivity contribution in [1.82, 2.24) is 9.47 Å². The highest BCUT2D eigenvalue weighted by Crippen LogP contribution is 2.34. The summed E-state index contributed by atoms with van der Waals surface area (Å²) in [5.41, 5.74) is 2.31. The van der Waals surface area contributed by atoms with Crippen LogP contribution in [-0.4, -0.2) is 16.0 Å². The minimum absolute atomic E-state index is 0.0798. The topological polar surface area (TPSA) is 8.17 Å². The van der Waals surface area contributed by atoms with Crippen LogP contribution in [0.15, 0.2) is 60.8 Å². The van der Waals surface area contributed by atoms with Crippen molar-refractivity contribution in [2.45, 2.75) is 25.6 Å². The number of aromatic nitrogens is 1. The summed E-state index contributed by atoms with van der Waals surface area (Å²) in [4.78, 5) is 2.14. The van der Waals surface area contributed by atoms with Crippen LogP contribution in [0.25, 0.3) is 0 Å². The average molecular weight is 373 g/mol. The normalized spacial score (nSPS) is 17.7. The number of nitrogens with zero attached hydrogens (tertiary/aromatic N) is 2. The molecule has 5 heteroatoms. The third-order valence-corrected chi connectivity index (χ3v) is 5.21. The molecule has 2 aromatic carbocycles. The van der Waals surface area contributed by atoms with E-state index in [1.807, 2.05) is 30.3 Å².